The van der Waals surface area contributed by atoms with Crippen molar-refractivity contribution in [3.8, 4) is 78.9 Å². The Kier molecular flexibility index (Phi) is 9.43. The van der Waals surface area contributed by atoms with Crippen LogP contribution >= 0.6 is 0 Å². The van der Waals surface area contributed by atoms with E-state index in [9.17, 15) is 0 Å². The number of hydrogen-bond acceptors (Lipinski definition) is 3. The minimum atomic E-state index is 0.547. The molecule has 13 aromatic rings. The van der Waals surface area contributed by atoms with Crippen molar-refractivity contribution < 1.29 is 0 Å². The van der Waals surface area contributed by atoms with Crippen LogP contribution in [0, 0.1) is 0 Å². The Morgan fingerprint density at radius 3 is 1.26 bits per heavy atom. The zero-order chi connectivity index (χ0) is 45.0. The highest BCUT2D eigenvalue weighted by Gasteiger charge is 2.25. The van der Waals surface area contributed by atoms with Gasteiger partial charge in [0.1, 0.15) is 0 Å². The fraction of sp³-hybridized carbons (Fsp3) is 0. The molecule has 5 nitrogen and oxygen atoms in total. The van der Waals surface area contributed by atoms with Crippen molar-refractivity contribution in [1.82, 2.24) is 24.1 Å². The number of aromatic nitrogens is 5. The first kappa shape index (κ1) is 39.2. The highest BCUT2D eigenvalue weighted by atomic mass is 15.2. The molecule has 5 heteroatoms. The molecule has 0 N–H and O–H groups in total. The first-order valence-electron chi connectivity index (χ1n) is 23.0. The Hall–Kier alpha value is -9.19. The van der Waals surface area contributed by atoms with Crippen molar-refractivity contribution in [2.45, 2.75) is 0 Å². The molecule has 0 fully saturated rings. The molecule has 318 valence electrons. The van der Waals surface area contributed by atoms with Crippen LogP contribution in [-0.2, 0) is 0 Å². The smallest absolute Gasteiger partial charge is 0.238 e. The van der Waals surface area contributed by atoms with E-state index in [2.05, 4.69) is 234 Å². The van der Waals surface area contributed by atoms with Crippen molar-refractivity contribution in [3.05, 3.63) is 249 Å². The lowest BCUT2D eigenvalue weighted by atomic mass is 9.92. The molecule has 0 aliphatic rings. The Morgan fingerprint density at radius 1 is 0.250 bits per heavy atom. The Morgan fingerprint density at radius 2 is 0.662 bits per heavy atom. The molecule has 0 amide bonds. The summed E-state index contributed by atoms with van der Waals surface area (Å²) >= 11 is 0. The topological polar surface area (TPSA) is 48.5 Å². The van der Waals surface area contributed by atoms with E-state index in [1.54, 1.807) is 0 Å². The van der Waals surface area contributed by atoms with Crippen molar-refractivity contribution in [2.24, 2.45) is 0 Å². The van der Waals surface area contributed by atoms with Crippen LogP contribution in [0.4, 0.5) is 0 Å². The Bertz CT molecular complexity index is 3950. The highest BCUT2D eigenvalue weighted by molar-refractivity contribution is 6.24. The second kappa shape index (κ2) is 16.4. The van der Waals surface area contributed by atoms with Gasteiger partial charge < -0.3 is 4.57 Å². The predicted octanol–water partition coefficient (Wildman–Crippen LogP) is 16.1. The fourth-order valence-electron chi connectivity index (χ4n) is 10.0. The molecule has 0 spiro atoms. The van der Waals surface area contributed by atoms with E-state index in [0.717, 1.165) is 93.8 Å². The number of benzene rings is 10. The predicted molar refractivity (Wildman–Crippen MR) is 281 cm³/mol. The lowest BCUT2D eigenvalue weighted by Gasteiger charge is -2.17. The van der Waals surface area contributed by atoms with Gasteiger partial charge in [-0.05, 0) is 81.4 Å². The summed E-state index contributed by atoms with van der Waals surface area (Å²) in [5, 5.41) is 4.54. The first-order valence-corrected chi connectivity index (χ1v) is 23.0. The number of hydrogen-bond donors (Lipinski definition) is 0. The lowest BCUT2D eigenvalue weighted by molar-refractivity contribution is 0.953. The zero-order valence-electron chi connectivity index (χ0n) is 36.9. The molecule has 0 atom stereocenters. The van der Waals surface area contributed by atoms with Gasteiger partial charge in [0, 0.05) is 38.2 Å². The molecule has 0 aliphatic heterocycles. The van der Waals surface area contributed by atoms with E-state index in [1.807, 2.05) is 24.3 Å². The largest absolute Gasteiger partial charge is 0.307 e. The SMILES string of the molecule is c1ccc(-c2cccc(-c3nc(-c4ccccc4)nc(-n4c5ccccc5c5ccc6c7ccccc7n(-c7ccccc7-c7cc(-c8ccccc8)cc(-c8ccccc8)c7)c6c54)n3)c2)cc1. The van der Waals surface area contributed by atoms with E-state index in [-0.39, 0.29) is 0 Å². The average Bonchev–Trinajstić information content (AvgIpc) is 3.95. The van der Waals surface area contributed by atoms with Crippen molar-refractivity contribution >= 4 is 43.6 Å². The Labute approximate surface area is 393 Å². The maximum atomic E-state index is 5.44. The molecule has 3 aromatic heterocycles. The third-order valence-electron chi connectivity index (χ3n) is 13.2. The summed E-state index contributed by atoms with van der Waals surface area (Å²) in [5.41, 5.74) is 16.3. The summed E-state index contributed by atoms with van der Waals surface area (Å²) in [7, 11) is 0. The van der Waals surface area contributed by atoms with Crippen LogP contribution in [-0.4, -0.2) is 24.1 Å². The molecule has 13 rings (SSSR count). The van der Waals surface area contributed by atoms with Gasteiger partial charge in [0.05, 0.1) is 27.8 Å². The second-order valence-corrected chi connectivity index (χ2v) is 17.2. The summed E-state index contributed by atoms with van der Waals surface area (Å²) in [6, 6.07) is 88.3. The molecule has 0 aliphatic carbocycles. The van der Waals surface area contributed by atoms with Gasteiger partial charge in [-0.3, -0.25) is 4.57 Å². The van der Waals surface area contributed by atoms with Gasteiger partial charge in [-0.15, -0.1) is 0 Å². The summed E-state index contributed by atoms with van der Waals surface area (Å²) in [5.74, 6) is 1.75. The Balaban J connectivity index is 1.11. The van der Waals surface area contributed by atoms with Crippen molar-refractivity contribution in [3.63, 3.8) is 0 Å². The molecule has 0 saturated carbocycles. The summed E-state index contributed by atoms with van der Waals surface area (Å²) in [6.45, 7) is 0. The van der Waals surface area contributed by atoms with Crippen LogP contribution in [0.15, 0.2) is 249 Å². The first-order chi connectivity index (χ1) is 33.7. The van der Waals surface area contributed by atoms with Gasteiger partial charge in [-0.2, -0.15) is 9.97 Å². The van der Waals surface area contributed by atoms with Crippen LogP contribution in [0.3, 0.4) is 0 Å². The van der Waals surface area contributed by atoms with Crippen LogP contribution in [0.1, 0.15) is 0 Å². The molecule has 0 unspecified atom stereocenters. The molecule has 3 heterocycles. The van der Waals surface area contributed by atoms with Gasteiger partial charge in [-0.1, -0.05) is 206 Å². The normalized spacial score (nSPS) is 11.5. The number of para-hydroxylation sites is 3. The van der Waals surface area contributed by atoms with E-state index >= 15 is 0 Å². The number of nitrogens with zero attached hydrogens (tertiary/aromatic N) is 5. The van der Waals surface area contributed by atoms with Gasteiger partial charge in [0.25, 0.3) is 0 Å². The summed E-state index contributed by atoms with van der Waals surface area (Å²) < 4.78 is 4.74. The maximum Gasteiger partial charge on any atom is 0.238 e. The van der Waals surface area contributed by atoms with Crippen LogP contribution in [0.25, 0.3) is 123 Å². The van der Waals surface area contributed by atoms with Crippen LogP contribution < -0.4 is 0 Å². The van der Waals surface area contributed by atoms with E-state index in [1.165, 1.54) is 11.1 Å². The van der Waals surface area contributed by atoms with E-state index < -0.39 is 0 Å². The third-order valence-corrected chi connectivity index (χ3v) is 13.2. The van der Waals surface area contributed by atoms with Crippen LogP contribution in [0.2, 0.25) is 0 Å². The summed E-state index contributed by atoms with van der Waals surface area (Å²) in [4.78, 5) is 16.0. The quantitative estimate of drug-likeness (QED) is 0.153. The van der Waals surface area contributed by atoms with Gasteiger partial charge >= 0.3 is 0 Å². The molecule has 0 bridgehead atoms. The molecular formula is C63H41N5. The highest BCUT2D eigenvalue weighted by Crippen LogP contribution is 2.44. The van der Waals surface area contributed by atoms with Gasteiger partial charge in [-0.25, -0.2) is 4.98 Å². The molecular weight excluding hydrogens is 827 g/mol. The van der Waals surface area contributed by atoms with E-state index in [0.29, 0.717) is 17.6 Å². The molecule has 0 saturated heterocycles. The molecule has 68 heavy (non-hydrogen) atoms. The molecule has 10 aromatic carbocycles. The molecule has 0 radical (unpaired) electrons. The van der Waals surface area contributed by atoms with Crippen molar-refractivity contribution in [1.29, 1.82) is 0 Å². The fourth-order valence-corrected chi connectivity index (χ4v) is 10.0. The average molecular weight is 868 g/mol. The van der Waals surface area contributed by atoms with Crippen LogP contribution in [0.5, 0.6) is 0 Å². The zero-order valence-corrected chi connectivity index (χ0v) is 36.9. The minimum absolute atomic E-state index is 0.547. The summed E-state index contributed by atoms with van der Waals surface area (Å²) in [6.07, 6.45) is 0. The lowest BCUT2D eigenvalue weighted by Crippen LogP contribution is -2.07. The van der Waals surface area contributed by atoms with Gasteiger partial charge in [0.2, 0.25) is 5.95 Å². The standard InChI is InChI=1S/C63H41N5/c1-5-20-42(21-6-1)46-28-19-29-47(38-46)62-64-61(45-26-11-4-12-27-45)65-63(66-62)68-58-35-18-15-32-53(58)55-37-36-54-52-31-14-17-34-57(52)67(59(54)60(55)68)56-33-16-13-30-51(56)50-40-48(43-22-7-2-8-23-43)39-49(41-50)44-24-9-3-10-25-44/h1-41H. The monoisotopic (exact) mass is 867 g/mol. The van der Waals surface area contributed by atoms with E-state index in [4.69, 9.17) is 15.0 Å². The van der Waals surface area contributed by atoms with Gasteiger partial charge in [0.15, 0.2) is 11.6 Å². The van der Waals surface area contributed by atoms with Crippen molar-refractivity contribution in [2.75, 3.05) is 0 Å². The minimum Gasteiger partial charge on any atom is -0.307 e. The second-order valence-electron chi connectivity index (χ2n) is 17.2. The number of fused-ring (bicyclic) bond motifs is 7. The third kappa shape index (κ3) is 6.68. The number of rotatable bonds is 8. The maximum absolute atomic E-state index is 5.44.